The summed E-state index contributed by atoms with van der Waals surface area (Å²) in [5, 5.41) is 1.94. The molecule has 30 heavy (non-hydrogen) atoms. The Kier molecular flexibility index (Phi) is 8.25. The number of aryl methyl sites for hydroxylation is 1. The maximum atomic E-state index is 12.8. The van der Waals surface area contributed by atoms with Gasteiger partial charge in [0.25, 0.3) is 0 Å². The first-order valence-corrected chi connectivity index (χ1v) is 10.1. The number of alkyl halides is 3. The molecule has 1 aromatic rings. The molecule has 0 radical (unpaired) electrons. The van der Waals surface area contributed by atoms with E-state index in [9.17, 15) is 27.6 Å². The Morgan fingerprint density at radius 1 is 1.13 bits per heavy atom. The molecule has 9 heteroatoms. The van der Waals surface area contributed by atoms with E-state index in [-0.39, 0.29) is 30.8 Å². The normalized spacial score (nSPS) is 16.1. The number of benzene rings is 1. The molecule has 166 valence electrons. The van der Waals surface area contributed by atoms with Crippen molar-refractivity contribution < 1.29 is 32.3 Å². The smallest absolute Gasteiger partial charge is 0.466 e. The second-order valence-corrected chi connectivity index (χ2v) is 7.23. The molecule has 2 rings (SSSR count). The summed E-state index contributed by atoms with van der Waals surface area (Å²) in [7, 11) is 0. The van der Waals surface area contributed by atoms with Gasteiger partial charge in [0.2, 0.25) is 5.91 Å². The lowest BCUT2D eigenvalue weighted by atomic mass is 9.95. The number of amides is 2. The van der Waals surface area contributed by atoms with Crippen molar-refractivity contribution in [3.8, 4) is 0 Å². The molecule has 1 aromatic carbocycles. The van der Waals surface area contributed by atoms with Crippen LogP contribution in [0.5, 0.6) is 0 Å². The Morgan fingerprint density at radius 2 is 1.73 bits per heavy atom. The molecular weight excluding hydrogens is 401 g/mol. The number of halogens is 3. The summed E-state index contributed by atoms with van der Waals surface area (Å²) in [6, 6.07) is 5.68. The molecule has 0 aliphatic carbocycles. The molecule has 1 fully saturated rings. The van der Waals surface area contributed by atoms with Crippen LogP contribution in [-0.2, 0) is 25.5 Å². The van der Waals surface area contributed by atoms with Crippen molar-refractivity contribution in [2.24, 2.45) is 5.92 Å². The van der Waals surface area contributed by atoms with Gasteiger partial charge in [0.05, 0.1) is 25.0 Å². The van der Waals surface area contributed by atoms with Gasteiger partial charge in [0, 0.05) is 13.1 Å². The molecule has 1 aliphatic heterocycles. The highest BCUT2D eigenvalue weighted by atomic mass is 19.4. The van der Waals surface area contributed by atoms with E-state index in [1.54, 1.807) is 31.2 Å². The number of likely N-dealkylation sites (tertiary alicyclic amines) is 1. The second-order valence-electron chi connectivity index (χ2n) is 7.23. The first kappa shape index (κ1) is 23.7. The zero-order valence-electron chi connectivity index (χ0n) is 17.1. The maximum Gasteiger partial charge on any atom is 0.471 e. The Hall–Kier alpha value is -2.58. The van der Waals surface area contributed by atoms with Gasteiger partial charge in [-0.1, -0.05) is 31.2 Å². The lowest BCUT2D eigenvalue weighted by Crippen LogP contribution is -2.44. The van der Waals surface area contributed by atoms with Crippen molar-refractivity contribution in [1.82, 2.24) is 10.2 Å². The number of piperidine rings is 1. The predicted octanol–water partition coefficient (Wildman–Crippen LogP) is 3.16. The van der Waals surface area contributed by atoms with Crippen LogP contribution in [0.15, 0.2) is 24.3 Å². The Labute approximate surface area is 173 Å². The van der Waals surface area contributed by atoms with E-state index in [2.05, 4.69) is 0 Å². The average molecular weight is 428 g/mol. The molecule has 0 spiro atoms. The van der Waals surface area contributed by atoms with Crippen LogP contribution in [0.1, 0.15) is 50.3 Å². The van der Waals surface area contributed by atoms with Gasteiger partial charge < -0.3 is 15.0 Å². The van der Waals surface area contributed by atoms with Crippen LogP contribution in [0, 0.1) is 5.92 Å². The van der Waals surface area contributed by atoms with E-state index < -0.39 is 18.1 Å². The third-order valence-electron chi connectivity index (χ3n) is 5.20. The van der Waals surface area contributed by atoms with Gasteiger partial charge in [0.15, 0.2) is 0 Å². The molecule has 6 nitrogen and oxygen atoms in total. The fourth-order valence-corrected chi connectivity index (χ4v) is 3.41. The summed E-state index contributed by atoms with van der Waals surface area (Å²) >= 11 is 0. The largest absolute Gasteiger partial charge is 0.471 e. The molecule has 1 atom stereocenters. The number of nitrogens with zero attached hydrogens (tertiary/aromatic N) is 1. The lowest BCUT2D eigenvalue weighted by Gasteiger charge is -2.32. The Bertz CT molecular complexity index is 742. The van der Waals surface area contributed by atoms with Crippen LogP contribution in [0.25, 0.3) is 0 Å². The van der Waals surface area contributed by atoms with Crippen LogP contribution < -0.4 is 5.32 Å². The predicted molar refractivity (Wildman–Crippen MR) is 103 cm³/mol. The van der Waals surface area contributed by atoms with Crippen molar-refractivity contribution >= 4 is 17.8 Å². The van der Waals surface area contributed by atoms with Crippen molar-refractivity contribution in [1.29, 1.82) is 0 Å². The molecule has 1 saturated heterocycles. The molecule has 2 amide bonds. The number of nitrogens with one attached hydrogen (secondary N) is 1. The van der Waals surface area contributed by atoms with Crippen molar-refractivity contribution in [3.05, 3.63) is 35.4 Å². The number of carbonyl (C=O) groups excluding carboxylic acids is 3. The van der Waals surface area contributed by atoms with E-state index in [1.165, 1.54) is 4.90 Å². The summed E-state index contributed by atoms with van der Waals surface area (Å²) in [6.45, 7) is 4.59. The number of hydrogen-bond acceptors (Lipinski definition) is 4. The van der Waals surface area contributed by atoms with Crippen LogP contribution >= 0.6 is 0 Å². The molecule has 0 bridgehead atoms. The summed E-state index contributed by atoms with van der Waals surface area (Å²) < 4.78 is 43.3. The number of carbonyl (C=O) groups is 3. The molecule has 1 heterocycles. The van der Waals surface area contributed by atoms with Crippen molar-refractivity contribution in [3.63, 3.8) is 0 Å². The highest BCUT2D eigenvalue weighted by Crippen LogP contribution is 2.25. The molecule has 1 N–H and O–H groups in total. The molecule has 0 unspecified atom stereocenters. The SMILES string of the molecule is CCOC(=O)C1CCN(C(=O)C[C@@H](NC(=O)C(F)(F)F)c2ccc(CC)cc2)CC1. The van der Waals surface area contributed by atoms with Crippen LogP contribution in [0.4, 0.5) is 13.2 Å². The zero-order chi connectivity index (χ0) is 22.3. The van der Waals surface area contributed by atoms with Gasteiger partial charge in [-0.05, 0) is 37.3 Å². The third kappa shape index (κ3) is 6.47. The minimum Gasteiger partial charge on any atom is -0.466 e. The quantitative estimate of drug-likeness (QED) is 0.677. The molecule has 0 aromatic heterocycles. The monoisotopic (exact) mass is 428 g/mol. The summed E-state index contributed by atoms with van der Waals surface area (Å²) in [5.41, 5.74) is 1.42. The topological polar surface area (TPSA) is 75.7 Å². The van der Waals surface area contributed by atoms with Crippen LogP contribution in [0.3, 0.4) is 0 Å². The molecular formula is C21H27F3N2O4. The fraction of sp³-hybridized carbons (Fsp3) is 0.571. The van der Waals surface area contributed by atoms with Gasteiger partial charge in [0.1, 0.15) is 0 Å². The first-order chi connectivity index (χ1) is 14.2. The lowest BCUT2D eigenvalue weighted by molar-refractivity contribution is -0.174. The van der Waals surface area contributed by atoms with E-state index in [0.717, 1.165) is 12.0 Å². The average Bonchev–Trinajstić information content (AvgIpc) is 2.72. The van der Waals surface area contributed by atoms with E-state index in [0.29, 0.717) is 31.5 Å². The third-order valence-corrected chi connectivity index (χ3v) is 5.20. The highest BCUT2D eigenvalue weighted by Gasteiger charge is 2.40. The highest BCUT2D eigenvalue weighted by molar-refractivity contribution is 5.84. The van der Waals surface area contributed by atoms with E-state index >= 15 is 0 Å². The maximum absolute atomic E-state index is 12.8. The van der Waals surface area contributed by atoms with E-state index in [1.807, 2.05) is 12.2 Å². The van der Waals surface area contributed by atoms with Gasteiger partial charge in [-0.25, -0.2) is 0 Å². The number of ether oxygens (including phenoxy) is 1. The van der Waals surface area contributed by atoms with Gasteiger partial charge >= 0.3 is 18.1 Å². The standard InChI is InChI=1S/C21H27F3N2O4/c1-3-14-5-7-15(8-6-14)17(25-20(29)21(22,23)24)13-18(27)26-11-9-16(10-12-26)19(28)30-4-2/h5-8,16-17H,3-4,9-13H2,1-2H3,(H,25,29)/t17-/m1/s1. The number of esters is 1. The van der Waals surface area contributed by atoms with Gasteiger partial charge in [-0.3, -0.25) is 14.4 Å². The molecule has 0 saturated carbocycles. The summed E-state index contributed by atoms with van der Waals surface area (Å²) in [6.07, 6.45) is -3.70. The first-order valence-electron chi connectivity index (χ1n) is 10.1. The van der Waals surface area contributed by atoms with Crippen molar-refractivity contribution in [2.45, 2.75) is 51.7 Å². The Morgan fingerprint density at radius 3 is 2.23 bits per heavy atom. The van der Waals surface area contributed by atoms with Gasteiger partial charge in [-0.2, -0.15) is 13.2 Å². The Balaban J connectivity index is 2.06. The zero-order valence-corrected chi connectivity index (χ0v) is 17.1. The van der Waals surface area contributed by atoms with Crippen LogP contribution in [0.2, 0.25) is 0 Å². The fourth-order valence-electron chi connectivity index (χ4n) is 3.41. The number of hydrogen-bond donors (Lipinski definition) is 1. The minimum absolute atomic E-state index is 0.281. The van der Waals surface area contributed by atoms with Gasteiger partial charge in [-0.15, -0.1) is 0 Å². The number of rotatable bonds is 7. The van der Waals surface area contributed by atoms with Crippen LogP contribution in [-0.4, -0.2) is 48.6 Å². The van der Waals surface area contributed by atoms with Crippen molar-refractivity contribution in [2.75, 3.05) is 19.7 Å². The molecule has 1 aliphatic rings. The minimum atomic E-state index is -5.04. The summed E-state index contributed by atoms with van der Waals surface area (Å²) in [5.74, 6) is -3.03. The second kappa shape index (κ2) is 10.4. The summed E-state index contributed by atoms with van der Waals surface area (Å²) in [4.78, 5) is 37.6. The van der Waals surface area contributed by atoms with E-state index in [4.69, 9.17) is 4.74 Å².